The molecule has 0 saturated carbocycles. The molecule has 7 heteroatoms. The normalized spacial score (nSPS) is 14.8. The van der Waals surface area contributed by atoms with E-state index in [4.69, 9.17) is 28.6 Å². The third-order valence-corrected chi connectivity index (χ3v) is 5.58. The minimum atomic E-state index is -0.424. The van der Waals surface area contributed by atoms with Crippen molar-refractivity contribution in [1.29, 1.82) is 0 Å². The topological polar surface area (TPSA) is 55.6 Å². The van der Waals surface area contributed by atoms with Gasteiger partial charge >= 0.3 is 0 Å². The Morgan fingerprint density at radius 1 is 1.26 bits per heavy atom. The molecule has 0 unspecified atom stereocenters. The van der Waals surface area contributed by atoms with E-state index in [-0.39, 0.29) is 12.3 Å². The van der Waals surface area contributed by atoms with Gasteiger partial charge in [-0.1, -0.05) is 30.7 Å². The third-order valence-electron chi connectivity index (χ3n) is 4.79. The lowest BCUT2D eigenvalue weighted by atomic mass is 9.99. The summed E-state index contributed by atoms with van der Waals surface area (Å²) in [7, 11) is 0. The Balaban J connectivity index is 1.62. The molecule has 5 nitrogen and oxygen atoms in total. The maximum absolute atomic E-state index is 10.7. The number of non-ortho nitro benzene ring substituents is 1. The van der Waals surface area contributed by atoms with Crippen LogP contribution in [0.2, 0.25) is 5.02 Å². The summed E-state index contributed by atoms with van der Waals surface area (Å²) in [5.74, 6) is 1.32. The fourth-order valence-electron chi connectivity index (χ4n) is 3.02. The highest BCUT2D eigenvalue weighted by molar-refractivity contribution is 7.80. The summed E-state index contributed by atoms with van der Waals surface area (Å²) in [6.45, 7) is 4.52. The highest BCUT2D eigenvalue weighted by Crippen LogP contribution is 2.28. The predicted molar refractivity (Wildman–Crippen MR) is 111 cm³/mol. The molecule has 0 amide bonds. The number of likely N-dealkylation sites (tertiary alicyclic amines) is 1. The number of nitro groups is 1. The molecule has 1 aliphatic rings. The molecule has 0 aromatic heterocycles. The lowest BCUT2D eigenvalue weighted by Crippen LogP contribution is -2.37. The lowest BCUT2D eigenvalue weighted by Gasteiger charge is -2.32. The number of nitrogens with zero attached hydrogens (tertiary/aromatic N) is 2. The van der Waals surface area contributed by atoms with E-state index in [1.165, 1.54) is 12.1 Å². The monoisotopic (exact) mass is 404 g/mol. The molecule has 2 aromatic carbocycles. The minimum absolute atomic E-state index is 0.0572. The Morgan fingerprint density at radius 3 is 2.52 bits per heavy atom. The number of piperidine rings is 1. The Kier molecular flexibility index (Phi) is 6.29. The number of benzene rings is 2. The Morgan fingerprint density at radius 2 is 1.93 bits per heavy atom. The van der Waals surface area contributed by atoms with Crippen LogP contribution in [0.15, 0.2) is 42.5 Å². The van der Waals surface area contributed by atoms with Crippen molar-refractivity contribution in [3.63, 3.8) is 0 Å². The zero-order valence-corrected chi connectivity index (χ0v) is 16.6. The van der Waals surface area contributed by atoms with E-state index in [0.717, 1.165) is 48.0 Å². The van der Waals surface area contributed by atoms with Gasteiger partial charge in [0.25, 0.3) is 5.69 Å². The zero-order chi connectivity index (χ0) is 19.4. The van der Waals surface area contributed by atoms with Gasteiger partial charge in [-0.3, -0.25) is 10.1 Å². The number of hydrogen-bond acceptors (Lipinski definition) is 4. The van der Waals surface area contributed by atoms with Crippen molar-refractivity contribution < 1.29 is 9.66 Å². The minimum Gasteiger partial charge on any atom is -0.487 e. The highest BCUT2D eigenvalue weighted by atomic mass is 35.5. The number of thiocarbonyl (C=S) groups is 1. The molecule has 27 heavy (non-hydrogen) atoms. The Labute approximate surface area is 169 Å². The summed E-state index contributed by atoms with van der Waals surface area (Å²) in [6, 6.07) is 11.9. The van der Waals surface area contributed by atoms with Gasteiger partial charge in [-0.05, 0) is 54.7 Å². The molecule has 3 rings (SSSR count). The van der Waals surface area contributed by atoms with Crippen molar-refractivity contribution in [3.8, 4) is 5.75 Å². The van der Waals surface area contributed by atoms with Gasteiger partial charge in [0.2, 0.25) is 0 Å². The zero-order valence-electron chi connectivity index (χ0n) is 15.1. The average molecular weight is 405 g/mol. The number of nitro benzene ring substituents is 1. The van der Waals surface area contributed by atoms with Crippen LogP contribution in [0.3, 0.4) is 0 Å². The van der Waals surface area contributed by atoms with Gasteiger partial charge in [0.15, 0.2) is 0 Å². The van der Waals surface area contributed by atoms with E-state index < -0.39 is 4.92 Å². The first-order chi connectivity index (χ1) is 12.9. The molecule has 0 bridgehead atoms. The van der Waals surface area contributed by atoms with E-state index in [0.29, 0.717) is 10.8 Å². The van der Waals surface area contributed by atoms with Crippen molar-refractivity contribution in [2.75, 3.05) is 13.1 Å². The van der Waals surface area contributed by atoms with Gasteiger partial charge in [0.1, 0.15) is 17.3 Å². The second kappa shape index (κ2) is 8.67. The van der Waals surface area contributed by atoms with Crippen LogP contribution in [0.4, 0.5) is 5.69 Å². The lowest BCUT2D eigenvalue weighted by molar-refractivity contribution is -0.384. The maximum atomic E-state index is 10.7. The first-order valence-corrected chi connectivity index (χ1v) is 9.67. The highest BCUT2D eigenvalue weighted by Gasteiger charge is 2.19. The predicted octanol–water partition coefficient (Wildman–Crippen LogP) is 5.23. The van der Waals surface area contributed by atoms with Crippen LogP contribution in [-0.2, 0) is 6.61 Å². The van der Waals surface area contributed by atoms with Gasteiger partial charge in [-0.15, -0.1) is 0 Å². The SMILES string of the molecule is CC1CCN(C(=S)c2ccc(OCc3ccc([N+](=O)[O-])cc3)c(Cl)c2)CC1. The van der Waals surface area contributed by atoms with Crippen molar-refractivity contribution in [2.24, 2.45) is 5.92 Å². The molecular formula is C20H21ClN2O3S. The van der Waals surface area contributed by atoms with Crippen LogP contribution in [0.1, 0.15) is 30.9 Å². The molecule has 1 fully saturated rings. The third kappa shape index (κ3) is 4.96. The van der Waals surface area contributed by atoms with Crippen LogP contribution >= 0.6 is 23.8 Å². The van der Waals surface area contributed by atoms with E-state index >= 15 is 0 Å². The molecule has 2 aromatic rings. The molecule has 0 atom stereocenters. The summed E-state index contributed by atoms with van der Waals surface area (Å²) in [5, 5.41) is 11.2. The van der Waals surface area contributed by atoms with Gasteiger partial charge in [-0.2, -0.15) is 0 Å². The summed E-state index contributed by atoms with van der Waals surface area (Å²) in [4.78, 5) is 13.3. The number of hydrogen-bond donors (Lipinski definition) is 0. The second-order valence-electron chi connectivity index (χ2n) is 6.83. The van der Waals surface area contributed by atoms with Crippen molar-refractivity contribution in [3.05, 3.63) is 68.7 Å². The number of rotatable bonds is 5. The Hall–Kier alpha value is -2.18. The molecule has 0 aliphatic carbocycles. The summed E-state index contributed by atoms with van der Waals surface area (Å²) < 4.78 is 5.76. The average Bonchev–Trinajstić information content (AvgIpc) is 2.67. The van der Waals surface area contributed by atoms with Crippen LogP contribution in [0.25, 0.3) is 0 Å². The fourth-order valence-corrected chi connectivity index (χ4v) is 3.56. The van der Waals surface area contributed by atoms with E-state index in [1.54, 1.807) is 12.1 Å². The van der Waals surface area contributed by atoms with Gasteiger partial charge < -0.3 is 9.64 Å². The molecule has 0 radical (unpaired) electrons. The fraction of sp³-hybridized carbons (Fsp3) is 0.350. The molecule has 0 spiro atoms. The van der Waals surface area contributed by atoms with Crippen LogP contribution < -0.4 is 4.74 Å². The van der Waals surface area contributed by atoms with Crippen LogP contribution in [0, 0.1) is 16.0 Å². The Bertz CT molecular complexity index is 834. The van der Waals surface area contributed by atoms with Crippen molar-refractivity contribution in [1.82, 2.24) is 4.90 Å². The van der Waals surface area contributed by atoms with E-state index in [9.17, 15) is 10.1 Å². The summed E-state index contributed by atoms with van der Waals surface area (Å²) >= 11 is 12.0. The van der Waals surface area contributed by atoms with Crippen molar-refractivity contribution in [2.45, 2.75) is 26.4 Å². The van der Waals surface area contributed by atoms with Gasteiger partial charge in [-0.25, -0.2) is 0 Å². The van der Waals surface area contributed by atoms with Crippen LogP contribution in [-0.4, -0.2) is 27.9 Å². The molecule has 1 saturated heterocycles. The molecule has 1 heterocycles. The summed E-state index contributed by atoms with van der Waals surface area (Å²) in [5.41, 5.74) is 1.81. The van der Waals surface area contributed by atoms with Crippen molar-refractivity contribution >= 4 is 34.5 Å². The van der Waals surface area contributed by atoms with Crippen LogP contribution in [0.5, 0.6) is 5.75 Å². The molecular weight excluding hydrogens is 384 g/mol. The first-order valence-electron chi connectivity index (χ1n) is 8.89. The smallest absolute Gasteiger partial charge is 0.269 e. The van der Waals surface area contributed by atoms with Gasteiger partial charge in [0.05, 0.1) is 9.95 Å². The maximum Gasteiger partial charge on any atom is 0.269 e. The van der Waals surface area contributed by atoms with Gasteiger partial charge in [0, 0.05) is 30.8 Å². The molecule has 0 N–H and O–H groups in total. The first kappa shape index (κ1) is 19.6. The summed E-state index contributed by atoms with van der Waals surface area (Å²) in [6.07, 6.45) is 2.31. The van der Waals surface area contributed by atoms with E-state index in [1.807, 2.05) is 18.2 Å². The number of ether oxygens (including phenoxy) is 1. The molecule has 1 aliphatic heterocycles. The second-order valence-corrected chi connectivity index (χ2v) is 7.63. The quantitative estimate of drug-likeness (QED) is 0.387. The number of halogens is 1. The van der Waals surface area contributed by atoms with E-state index in [2.05, 4.69) is 11.8 Å². The largest absolute Gasteiger partial charge is 0.487 e. The molecule has 142 valence electrons. The standard InChI is InChI=1S/C20H21ClN2O3S/c1-14-8-10-22(11-9-14)20(27)16-4-7-19(18(21)12-16)26-13-15-2-5-17(6-3-15)23(24)25/h2-7,12,14H,8-11,13H2,1H3.